The lowest BCUT2D eigenvalue weighted by molar-refractivity contribution is 0.366. The monoisotopic (exact) mass is 166 g/mol. The van der Waals surface area contributed by atoms with Crippen LogP contribution in [0.5, 0.6) is 0 Å². The third-order valence-electron chi connectivity index (χ3n) is 2.33. The molecule has 2 rings (SSSR count). The van der Waals surface area contributed by atoms with E-state index in [0.717, 1.165) is 37.6 Å². The van der Waals surface area contributed by atoms with Crippen LogP contribution in [0.15, 0.2) is 10.6 Å². The average molecular weight is 166 g/mol. The molecule has 0 aliphatic carbocycles. The van der Waals surface area contributed by atoms with Crippen LogP contribution in [0, 0.1) is 6.92 Å². The van der Waals surface area contributed by atoms with E-state index in [1.54, 1.807) is 6.20 Å². The highest BCUT2D eigenvalue weighted by Crippen LogP contribution is 2.24. The molecule has 0 bridgehead atoms. The Bertz CT molecular complexity index is 251. The minimum absolute atomic E-state index is 0.542. The van der Waals surface area contributed by atoms with E-state index in [4.69, 9.17) is 4.42 Å². The molecule has 0 radical (unpaired) electrons. The highest BCUT2D eigenvalue weighted by atomic mass is 16.4. The zero-order valence-corrected chi connectivity index (χ0v) is 7.34. The van der Waals surface area contributed by atoms with E-state index >= 15 is 0 Å². The Morgan fingerprint density at radius 3 is 2.83 bits per heavy atom. The van der Waals surface area contributed by atoms with E-state index in [2.05, 4.69) is 10.3 Å². The van der Waals surface area contributed by atoms with Crippen LogP contribution in [0.4, 0.5) is 0 Å². The summed E-state index contributed by atoms with van der Waals surface area (Å²) in [5, 5.41) is 3.32. The summed E-state index contributed by atoms with van der Waals surface area (Å²) in [6.07, 6.45) is 4.11. The van der Waals surface area contributed by atoms with Gasteiger partial charge in [0.2, 0.25) is 0 Å². The SMILES string of the molecule is Cc1cnc(C2CCNCC2)o1. The van der Waals surface area contributed by atoms with Crippen molar-refractivity contribution in [1.82, 2.24) is 10.3 Å². The minimum Gasteiger partial charge on any atom is -0.446 e. The zero-order chi connectivity index (χ0) is 8.39. The first-order valence-electron chi connectivity index (χ1n) is 4.49. The van der Waals surface area contributed by atoms with Gasteiger partial charge in [0.05, 0.1) is 6.20 Å². The van der Waals surface area contributed by atoms with E-state index in [-0.39, 0.29) is 0 Å². The summed E-state index contributed by atoms with van der Waals surface area (Å²) in [6.45, 7) is 4.12. The molecule has 1 aromatic heterocycles. The molecule has 0 spiro atoms. The summed E-state index contributed by atoms with van der Waals surface area (Å²) in [4.78, 5) is 4.24. The molecule has 1 saturated heterocycles. The maximum absolute atomic E-state index is 5.48. The standard InChI is InChI=1S/C9H14N2O/c1-7-6-11-9(12-7)8-2-4-10-5-3-8/h6,8,10H,2-5H2,1H3. The molecule has 1 aliphatic heterocycles. The van der Waals surface area contributed by atoms with E-state index in [1.807, 2.05) is 6.92 Å². The number of hydrogen-bond donors (Lipinski definition) is 1. The Balaban J connectivity index is 2.08. The van der Waals surface area contributed by atoms with Crippen LogP contribution in [-0.2, 0) is 0 Å². The Labute approximate surface area is 72.2 Å². The minimum atomic E-state index is 0.542. The Kier molecular flexibility index (Phi) is 2.13. The molecule has 1 aromatic rings. The quantitative estimate of drug-likeness (QED) is 0.686. The van der Waals surface area contributed by atoms with Crippen LogP contribution in [0.1, 0.15) is 30.4 Å². The summed E-state index contributed by atoms with van der Waals surface area (Å²) in [5.41, 5.74) is 0. The summed E-state index contributed by atoms with van der Waals surface area (Å²) in [5.74, 6) is 2.39. The van der Waals surface area contributed by atoms with Gasteiger partial charge in [0.1, 0.15) is 5.76 Å². The number of rotatable bonds is 1. The lowest BCUT2D eigenvalue weighted by Gasteiger charge is -2.19. The fraction of sp³-hybridized carbons (Fsp3) is 0.667. The van der Waals surface area contributed by atoms with Crippen LogP contribution in [0.3, 0.4) is 0 Å². The fourth-order valence-corrected chi connectivity index (χ4v) is 1.63. The smallest absolute Gasteiger partial charge is 0.197 e. The van der Waals surface area contributed by atoms with Crippen molar-refractivity contribution in [1.29, 1.82) is 0 Å². The van der Waals surface area contributed by atoms with Crippen LogP contribution in [-0.4, -0.2) is 18.1 Å². The van der Waals surface area contributed by atoms with Gasteiger partial charge in [-0.1, -0.05) is 0 Å². The fourth-order valence-electron chi connectivity index (χ4n) is 1.63. The molecule has 2 heterocycles. The predicted molar refractivity (Wildman–Crippen MR) is 46.1 cm³/mol. The van der Waals surface area contributed by atoms with Crippen molar-refractivity contribution in [3.8, 4) is 0 Å². The normalized spacial score (nSPS) is 19.8. The van der Waals surface area contributed by atoms with Crippen molar-refractivity contribution in [3.05, 3.63) is 17.8 Å². The molecule has 66 valence electrons. The third-order valence-corrected chi connectivity index (χ3v) is 2.33. The predicted octanol–water partition coefficient (Wildman–Crippen LogP) is 1.45. The van der Waals surface area contributed by atoms with Gasteiger partial charge in [-0.3, -0.25) is 0 Å². The largest absolute Gasteiger partial charge is 0.446 e. The van der Waals surface area contributed by atoms with E-state index in [0.29, 0.717) is 5.92 Å². The van der Waals surface area contributed by atoms with Crippen molar-refractivity contribution in [2.75, 3.05) is 13.1 Å². The first-order valence-corrected chi connectivity index (χ1v) is 4.49. The second-order valence-electron chi connectivity index (χ2n) is 3.33. The molecule has 3 heteroatoms. The van der Waals surface area contributed by atoms with Gasteiger partial charge in [0.25, 0.3) is 0 Å². The molecule has 0 saturated carbocycles. The van der Waals surface area contributed by atoms with Gasteiger partial charge >= 0.3 is 0 Å². The molecule has 0 atom stereocenters. The number of aromatic nitrogens is 1. The van der Waals surface area contributed by atoms with Gasteiger partial charge in [-0.25, -0.2) is 4.98 Å². The number of piperidine rings is 1. The van der Waals surface area contributed by atoms with Crippen molar-refractivity contribution in [2.45, 2.75) is 25.7 Å². The number of oxazole rings is 1. The van der Waals surface area contributed by atoms with Crippen LogP contribution in [0.25, 0.3) is 0 Å². The Morgan fingerprint density at radius 1 is 1.50 bits per heavy atom. The van der Waals surface area contributed by atoms with Gasteiger partial charge in [0, 0.05) is 5.92 Å². The second-order valence-corrected chi connectivity index (χ2v) is 3.33. The van der Waals surface area contributed by atoms with Crippen molar-refractivity contribution < 1.29 is 4.42 Å². The van der Waals surface area contributed by atoms with Gasteiger partial charge in [-0.2, -0.15) is 0 Å². The maximum atomic E-state index is 5.48. The molecule has 1 N–H and O–H groups in total. The molecule has 0 amide bonds. The van der Waals surface area contributed by atoms with E-state index in [1.165, 1.54) is 0 Å². The molecule has 0 unspecified atom stereocenters. The molecule has 0 aromatic carbocycles. The maximum Gasteiger partial charge on any atom is 0.197 e. The van der Waals surface area contributed by atoms with E-state index < -0.39 is 0 Å². The van der Waals surface area contributed by atoms with E-state index in [9.17, 15) is 0 Å². The molecule has 12 heavy (non-hydrogen) atoms. The third kappa shape index (κ3) is 1.50. The molecule has 3 nitrogen and oxygen atoms in total. The number of nitrogens with one attached hydrogen (secondary N) is 1. The van der Waals surface area contributed by atoms with Crippen LogP contribution < -0.4 is 5.32 Å². The number of hydrogen-bond acceptors (Lipinski definition) is 3. The lowest BCUT2D eigenvalue weighted by Crippen LogP contribution is -2.26. The van der Waals surface area contributed by atoms with Crippen LogP contribution in [0.2, 0.25) is 0 Å². The van der Waals surface area contributed by atoms with Gasteiger partial charge < -0.3 is 9.73 Å². The number of nitrogens with zero attached hydrogens (tertiary/aromatic N) is 1. The molecule has 1 aliphatic rings. The van der Waals surface area contributed by atoms with Gasteiger partial charge in [-0.05, 0) is 32.9 Å². The molecule has 1 fully saturated rings. The first-order chi connectivity index (χ1) is 5.86. The highest BCUT2D eigenvalue weighted by Gasteiger charge is 2.19. The van der Waals surface area contributed by atoms with Gasteiger partial charge in [-0.15, -0.1) is 0 Å². The zero-order valence-electron chi connectivity index (χ0n) is 7.34. The van der Waals surface area contributed by atoms with Crippen molar-refractivity contribution >= 4 is 0 Å². The summed E-state index contributed by atoms with van der Waals surface area (Å²) in [7, 11) is 0. The van der Waals surface area contributed by atoms with Crippen LogP contribution >= 0.6 is 0 Å². The average Bonchev–Trinajstić information content (AvgIpc) is 2.54. The second kappa shape index (κ2) is 3.27. The highest BCUT2D eigenvalue weighted by molar-refractivity contribution is 4.98. The summed E-state index contributed by atoms with van der Waals surface area (Å²) in [6, 6.07) is 0. The summed E-state index contributed by atoms with van der Waals surface area (Å²) < 4.78 is 5.48. The van der Waals surface area contributed by atoms with Crippen molar-refractivity contribution in [3.63, 3.8) is 0 Å². The van der Waals surface area contributed by atoms with Crippen molar-refractivity contribution in [2.24, 2.45) is 0 Å². The van der Waals surface area contributed by atoms with Gasteiger partial charge in [0.15, 0.2) is 5.89 Å². The Morgan fingerprint density at radius 2 is 2.25 bits per heavy atom. The summed E-state index contributed by atoms with van der Waals surface area (Å²) >= 11 is 0. The first kappa shape index (κ1) is 7.80. The Hall–Kier alpha value is -0.830. The number of aryl methyl sites for hydroxylation is 1. The lowest BCUT2D eigenvalue weighted by atomic mass is 9.98. The topological polar surface area (TPSA) is 38.1 Å². The molecular formula is C9H14N2O. The molecular weight excluding hydrogens is 152 g/mol.